The first-order chi connectivity index (χ1) is 8.13. The molecule has 0 saturated heterocycles. The summed E-state index contributed by atoms with van der Waals surface area (Å²) in [7, 11) is 1.65. The second-order valence-electron chi connectivity index (χ2n) is 4.14. The van der Waals surface area contributed by atoms with Crippen LogP contribution in [-0.2, 0) is 0 Å². The number of nitrogens with two attached hydrogens (primary N) is 1. The number of nitrogens with zero attached hydrogens (tertiary/aromatic N) is 2. The highest BCUT2D eigenvalue weighted by Gasteiger charge is 2.14. The maximum absolute atomic E-state index is 6.01. The van der Waals surface area contributed by atoms with Crippen LogP contribution in [0.1, 0.15) is 24.1 Å². The van der Waals surface area contributed by atoms with Crippen molar-refractivity contribution in [1.29, 1.82) is 0 Å². The zero-order chi connectivity index (χ0) is 12.4. The van der Waals surface area contributed by atoms with Crippen molar-refractivity contribution in [2.75, 3.05) is 7.11 Å². The normalized spacial score (nSPS) is 12.5. The van der Waals surface area contributed by atoms with Gasteiger partial charge < -0.3 is 10.5 Å². The van der Waals surface area contributed by atoms with E-state index in [9.17, 15) is 0 Å². The molecule has 1 aromatic carbocycles. The molecule has 2 N–H and O–H groups in total. The first kappa shape index (κ1) is 11.7. The van der Waals surface area contributed by atoms with Crippen LogP contribution in [0.3, 0.4) is 0 Å². The lowest BCUT2D eigenvalue weighted by molar-refractivity contribution is 0.406. The molecule has 0 aliphatic heterocycles. The summed E-state index contributed by atoms with van der Waals surface area (Å²) in [6.07, 6.45) is 3.80. The van der Waals surface area contributed by atoms with E-state index < -0.39 is 0 Å². The lowest BCUT2D eigenvalue weighted by Crippen LogP contribution is -2.11. The van der Waals surface area contributed by atoms with Crippen LogP contribution in [0.5, 0.6) is 5.75 Å². The van der Waals surface area contributed by atoms with Crippen LogP contribution in [0.15, 0.2) is 30.6 Å². The second-order valence-corrected chi connectivity index (χ2v) is 4.14. The SMILES string of the molecule is COc1cccc(-n2cc(C)cn2)c1[C@H](C)N. The highest BCUT2D eigenvalue weighted by molar-refractivity contribution is 5.51. The molecule has 2 rings (SSSR count). The molecule has 1 atom stereocenters. The minimum Gasteiger partial charge on any atom is -0.496 e. The quantitative estimate of drug-likeness (QED) is 0.881. The number of aryl methyl sites for hydroxylation is 1. The summed E-state index contributed by atoms with van der Waals surface area (Å²) in [5, 5.41) is 4.31. The zero-order valence-corrected chi connectivity index (χ0v) is 10.3. The van der Waals surface area contributed by atoms with Crippen molar-refractivity contribution >= 4 is 0 Å². The Morgan fingerprint density at radius 1 is 1.41 bits per heavy atom. The summed E-state index contributed by atoms with van der Waals surface area (Å²) < 4.78 is 7.18. The van der Waals surface area contributed by atoms with Gasteiger partial charge in [0.15, 0.2) is 0 Å². The molecular weight excluding hydrogens is 214 g/mol. The molecule has 1 aromatic heterocycles. The summed E-state index contributed by atoms with van der Waals surface area (Å²) in [5.74, 6) is 0.797. The van der Waals surface area contributed by atoms with Gasteiger partial charge in [0.25, 0.3) is 0 Å². The second kappa shape index (κ2) is 4.59. The average Bonchev–Trinajstić information content (AvgIpc) is 2.74. The number of methoxy groups -OCH3 is 1. The fourth-order valence-electron chi connectivity index (χ4n) is 1.91. The van der Waals surface area contributed by atoms with Gasteiger partial charge in [0.05, 0.1) is 19.0 Å². The monoisotopic (exact) mass is 231 g/mol. The van der Waals surface area contributed by atoms with Gasteiger partial charge in [-0.2, -0.15) is 5.10 Å². The Morgan fingerprint density at radius 2 is 2.18 bits per heavy atom. The largest absolute Gasteiger partial charge is 0.496 e. The van der Waals surface area contributed by atoms with Crippen LogP contribution < -0.4 is 10.5 Å². The van der Waals surface area contributed by atoms with Crippen LogP contribution in [0.25, 0.3) is 5.69 Å². The first-order valence-electron chi connectivity index (χ1n) is 5.57. The molecular formula is C13H17N3O. The molecule has 4 heteroatoms. The van der Waals surface area contributed by atoms with E-state index in [0.717, 1.165) is 22.6 Å². The third kappa shape index (κ3) is 2.17. The van der Waals surface area contributed by atoms with Gasteiger partial charge in [-0.05, 0) is 31.5 Å². The van der Waals surface area contributed by atoms with Gasteiger partial charge in [0.2, 0.25) is 0 Å². The van der Waals surface area contributed by atoms with Crippen molar-refractivity contribution in [2.24, 2.45) is 5.73 Å². The van der Waals surface area contributed by atoms with Crippen LogP contribution in [0.2, 0.25) is 0 Å². The van der Waals surface area contributed by atoms with Crippen LogP contribution in [0, 0.1) is 6.92 Å². The van der Waals surface area contributed by atoms with Gasteiger partial charge in [0.1, 0.15) is 5.75 Å². The molecule has 0 unspecified atom stereocenters. The zero-order valence-electron chi connectivity index (χ0n) is 10.3. The number of rotatable bonds is 3. The van der Waals surface area contributed by atoms with E-state index in [1.807, 2.05) is 49.1 Å². The Bertz CT molecular complexity index is 517. The van der Waals surface area contributed by atoms with Crippen LogP contribution in [-0.4, -0.2) is 16.9 Å². The molecule has 4 nitrogen and oxygen atoms in total. The lowest BCUT2D eigenvalue weighted by Gasteiger charge is -2.16. The smallest absolute Gasteiger partial charge is 0.125 e. The lowest BCUT2D eigenvalue weighted by atomic mass is 10.1. The number of hydrogen-bond donors (Lipinski definition) is 1. The Kier molecular flexibility index (Phi) is 3.15. The van der Waals surface area contributed by atoms with Crippen LogP contribution in [0.4, 0.5) is 0 Å². The Labute approximate surface area is 101 Å². The van der Waals surface area contributed by atoms with Gasteiger partial charge in [-0.25, -0.2) is 4.68 Å². The highest BCUT2D eigenvalue weighted by Crippen LogP contribution is 2.29. The molecule has 0 aliphatic carbocycles. The molecule has 0 amide bonds. The van der Waals surface area contributed by atoms with Crippen molar-refractivity contribution in [1.82, 2.24) is 9.78 Å². The maximum atomic E-state index is 6.01. The molecule has 0 bridgehead atoms. The topological polar surface area (TPSA) is 53.1 Å². The first-order valence-corrected chi connectivity index (χ1v) is 5.57. The minimum atomic E-state index is -0.106. The third-order valence-electron chi connectivity index (χ3n) is 2.68. The van der Waals surface area contributed by atoms with Crippen molar-refractivity contribution < 1.29 is 4.74 Å². The van der Waals surface area contributed by atoms with E-state index in [1.165, 1.54) is 0 Å². The molecule has 1 heterocycles. The minimum absolute atomic E-state index is 0.106. The number of ether oxygens (including phenoxy) is 1. The fourth-order valence-corrected chi connectivity index (χ4v) is 1.91. The predicted molar refractivity (Wildman–Crippen MR) is 67.5 cm³/mol. The van der Waals surface area contributed by atoms with E-state index in [2.05, 4.69) is 5.10 Å². The summed E-state index contributed by atoms with van der Waals surface area (Å²) in [4.78, 5) is 0. The Hall–Kier alpha value is -1.81. The summed E-state index contributed by atoms with van der Waals surface area (Å²) >= 11 is 0. The molecule has 2 aromatic rings. The van der Waals surface area contributed by atoms with E-state index >= 15 is 0 Å². The summed E-state index contributed by atoms with van der Waals surface area (Å²) in [6, 6.07) is 5.74. The molecule has 0 aliphatic rings. The number of benzene rings is 1. The molecule has 0 radical (unpaired) electrons. The fraction of sp³-hybridized carbons (Fsp3) is 0.308. The molecule has 90 valence electrons. The van der Waals surface area contributed by atoms with E-state index in [0.29, 0.717) is 0 Å². The van der Waals surface area contributed by atoms with E-state index in [1.54, 1.807) is 7.11 Å². The van der Waals surface area contributed by atoms with Gasteiger partial charge in [-0.3, -0.25) is 0 Å². The molecule has 0 saturated carbocycles. The predicted octanol–water partition coefficient (Wildman–Crippen LogP) is 2.21. The number of hydrogen-bond acceptors (Lipinski definition) is 3. The van der Waals surface area contributed by atoms with Gasteiger partial charge in [-0.1, -0.05) is 6.07 Å². The van der Waals surface area contributed by atoms with Gasteiger partial charge in [0, 0.05) is 17.8 Å². The van der Waals surface area contributed by atoms with Gasteiger partial charge >= 0.3 is 0 Å². The molecule has 17 heavy (non-hydrogen) atoms. The van der Waals surface area contributed by atoms with E-state index in [4.69, 9.17) is 10.5 Å². The molecule has 0 fully saturated rings. The van der Waals surface area contributed by atoms with Crippen molar-refractivity contribution in [3.05, 3.63) is 41.7 Å². The van der Waals surface area contributed by atoms with Crippen molar-refractivity contribution in [3.8, 4) is 11.4 Å². The Balaban J connectivity index is 2.60. The van der Waals surface area contributed by atoms with Crippen molar-refractivity contribution in [3.63, 3.8) is 0 Å². The Morgan fingerprint density at radius 3 is 2.71 bits per heavy atom. The van der Waals surface area contributed by atoms with Gasteiger partial charge in [-0.15, -0.1) is 0 Å². The average molecular weight is 231 g/mol. The maximum Gasteiger partial charge on any atom is 0.125 e. The highest BCUT2D eigenvalue weighted by atomic mass is 16.5. The number of aromatic nitrogens is 2. The van der Waals surface area contributed by atoms with Crippen molar-refractivity contribution in [2.45, 2.75) is 19.9 Å². The summed E-state index contributed by atoms with van der Waals surface area (Å²) in [5.41, 5.74) is 9.06. The van der Waals surface area contributed by atoms with Crippen LogP contribution >= 0.6 is 0 Å². The molecule has 0 spiro atoms. The van der Waals surface area contributed by atoms with E-state index in [-0.39, 0.29) is 6.04 Å². The third-order valence-corrected chi connectivity index (χ3v) is 2.68. The summed E-state index contributed by atoms with van der Waals surface area (Å²) in [6.45, 7) is 3.95. The standard InChI is InChI=1S/C13H17N3O/c1-9-7-15-16(8-9)11-5-4-6-12(17-3)13(11)10(2)14/h4-8,10H,14H2,1-3H3/t10-/m0/s1.